The van der Waals surface area contributed by atoms with Crippen LogP contribution in [0.15, 0.2) is 0 Å². The van der Waals surface area contributed by atoms with E-state index in [-0.39, 0.29) is 19.2 Å². The molecule has 6 heteroatoms. The van der Waals surface area contributed by atoms with Gasteiger partial charge >= 0.3 is 12.1 Å². The molecule has 104 valence electrons. The van der Waals surface area contributed by atoms with Crippen LogP contribution in [0.5, 0.6) is 0 Å². The predicted octanol–water partition coefficient (Wildman–Crippen LogP) is 1.19. The largest absolute Gasteiger partial charge is 0.508 e. The number of hydrogen-bond donors (Lipinski definition) is 0. The van der Waals surface area contributed by atoms with E-state index in [1.807, 2.05) is 7.05 Å². The molecule has 0 spiro atoms. The van der Waals surface area contributed by atoms with Crippen LogP contribution in [0.2, 0.25) is 0 Å². The highest BCUT2D eigenvalue weighted by Gasteiger charge is 2.26. The summed E-state index contributed by atoms with van der Waals surface area (Å²) in [5, 5.41) is 0. The van der Waals surface area contributed by atoms with Gasteiger partial charge in [-0.2, -0.15) is 0 Å². The summed E-state index contributed by atoms with van der Waals surface area (Å²) < 4.78 is 14.3. The summed E-state index contributed by atoms with van der Waals surface area (Å²) in [6, 6.07) is 0. The molecule has 1 unspecified atom stereocenters. The highest BCUT2D eigenvalue weighted by Crippen LogP contribution is 2.06. The molecule has 6 nitrogen and oxygen atoms in total. The summed E-state index contributed by atoms with van der Waals surface area (Å²) in [6.45, 7) is 4.02. The van der Waals surface area contributed by atoms with Gasteiger partial charge in [-0.1, -0.05) is 13.3 Å². The van der Waals surface area contributed by atoms with E-state index in [2.05, 4.69) is 16.6 Å². The van der Waals surface area contributed by atoms with Crippen LogP contribution in [-0.4, -0.2) is 56.5 Å². The van der Waals surface area contributed by atoms with Crippen molar-refractivity contribution in [3.63, 3.8) is 0 Å². The van der Waals surface area contributed by atoms with Crippen molar-refractivity contribution in [3.05, 3.63) is 0 Å². The van der Waals surface area contributed by atoms with E-state index in [1.54, 1.807) is 0 Å². The van der Waals surface area contributed by atoms with E-state index in [4.69, 9.17) is 9.47 Å². The Morgan fingerprint density at radius 1 is 1.50 bits per heavy atom. The van der Waals surface area contributed by atoms with Gasteiger partial charge in [0.2, 0.25) is 0 Å². The third-order valence-electron chi connectivity index (χ3n) is 2.67. The molecule has 0 aromatic rings. The van der Waals surface area contributed by atoms with Crippen molar-refractivity contribution in [3.8, 4) is 0 Å². The zero-order valence-corrected chi connectivity index (χ0v) is 11.0. The summed E-state index contributed by atoms with van der Waals surface area (Å²) in [4.78, 5) is 24.2. The number of rotatable bonds is 8. The van der Waals surface area contributed by atoms with Gasteiger partial charge in [0.25, 0.3) is 0 Å². The van der Waals surface area contributed by atoms with E-state index in [0.29, 0.717) is 13.0 Å². The minimum absolute atomic E-state index is 0.0727. The van der Waals surface area contributed by atoms with E-state index < -0.39 is 12.3 Å². The maximum Gasteiger partial charge on any atom is 0.508 e. The molecular weight excluding hydrogens is 238 g/mol. The van der Waals surface area contributed by atoms with Crippen LogP contribution in [0.4, 0.5) is 4.79 Å². The average Bonchev–Trinajstić information content (AvgIpc) is 2.77. The van der Waals surface area contributed by atoms with Crippen molar-refractivity contribution in [2.24, 2.45) is 0 Å². The molecule has 1 atom stereocenters. The Kier molecular flexibility index (Phi) is 6.49. The fraction of sp³-hybridized carbons (Fsp3) is 0.833. The molecule has 0 amide bonds. The normalized spacial score (nSPS) is 18.6. The molecule has 1 aliphatic rings. The summed E-state index contributed by atoms with van der Waals surface area (Å²) in [5.74, 6) is -0.277. The zero-order valence-electron chi connectivity index (χ0n) is 11.0. The fourth-order valence-electron chi connectivity index (χ4n) is 1.53. The fourth-order valence-corrected chi connectivity index (χ4v) is 1.53. The lowest BCUT2D eigenvalue weighted by molar-refractivity contribution is -0.146. The lowest BCUT2D eigenvalue weighted by atomic mass is 10.3. The lowest BCUT2D eigenvalue weighted by Gasteiger charge is -2.15. The van der Waals surface area contributed by atoms with Crippen molar-refractivity contribution in [2.45, 2.75) is 32.3 Å². The number of ether oxygens (including phenoxy) is 3. The van der Waals surface area contributed by atoms with Crippen molar-refractivity contribution >= 4 is 12.1 Å². The number of cyclic esters (lactones) is 2. The molecule has 18 heavy (non-hydrogen) atoms. The predicted molar refractivity (Wildman–Crippen MR) is 64.2 cm³/mol. The molecule has 0 aromatic heterocycles. The van der Waals surface area contributed by atoms with E-state index in [9.17, 15) is 9.59 Å². The van der Waals surface area contributed by atoms with Crippen molar-refractivity contribution in [1.29, 1.82) is 0 Å². The molecule has 1 aliphatic heterocycles. The smallest absolute Gasteiger partial charge is 0.462 e. The van der Waals surface area contributed by atoms with Crippen LogP contribution >= 0.6 is 0 Å². The van der Waals surface area contributed by atoms with Gasteiger partial charge in [0, 0.05) is 6.54 Å². The minimum atomic E-state index is -0.699. The van der Waals surface area contributed by atoms with Crippen molar-refractivity contribution in [1.82, 2.24) is 4.90 Å². The van der Waals surface area contributed by atoms with Crippen LogP contribution in [0, 0.1) is 0 Å². The van der Waals surface area contributed by atoms with Gasteiger partial charge in [-0.25, -0.2) is 4.79 Å². The van der Waals surface area contributed by atoms with Gasteiger partial charge < -0.3 is 19.1 Å². The SMILES string of the molecule is CCCCN(C)CCC(=O)OCC1COC(=O)O1. The highest BCUT2D eigenvalue weighted by atomic mass is 16.8. The first-order valence-corrected chi connectivity index (χ1v) is 6.29. The first kappa shape index (κ1) is 14.8. The summed E-state index contributed by atoms with van der Waals surface area (Å²) in [6.07, 6.45) is 1.46. The van der Waals surface area contributed by atoms with Gasteiger partial charge in [-0.05, 0) is 20.0 Å². The first-order chi connectivity index (χ1) is 8.61. The van der Waals surface area contributed by atoms with Crippen LogP contribution in [-0.2, 0) is 19.0 Å². The quantitative estimate of drug-likeness (QED) is 0.610. The maximum atomic E-state index is 11.4. The first-order valence-electron chi connectivity index (χ1n) is 6.29. The average molecular weight is 259 g/mol. The van der Waals surface area contributed by atoms with Crippen LogP contribution < -0.4 is 0 Å². The molecule has 0 aliphatic carbocycles. The number of carbonyl (C=O) groups is 2. The van der Waals surface area contributed by atoms with Crippen molar-refractivity contribution < 1.29 is 23.8 Å². The number of nitrogens with zero attached hydrogens (tertiary/aromatic N) is 1. The third kappa shape index (κ3) is 5.86. The van der Waals surface area contributed by atoms with Gasteiger partial charge in [0.05, 0.1) is 6.42 Å². The molecule has 0 radical (unpaired) electrons. The monoisotopic (exact) mass is 259 g/mol. The number of esters is 1. The van der Waals surface area contributed by atoms with Gasteiger partial charge in [-0.15, -0.1) is 0 Å². The number of unbranched alkanes of at least 4 members (excludes halogenated alkanes) is 1. The van der Waals surface area contributed by atoms with Gasteiger partial charge in [-0.3, -0.25) is 4.79 Å². The topological polar surface area (TPSA) is 65.1 Å². The lowest BCUT2D eigenvalue weighted by Crippen LogP contribution is -2.25. The standard InChI is InChI=1S/C12H21NO5/c1-3-4-6-13(2)7-5-11(14)16-8-10-9-17-12(15)18-10/h10H,3-9H2,1-2H3. The van der Waals surface area contributed by atoms with Crippen molar-refractivity contribution in [2.75, 3.05) is 33.4 Å². The minimum Gasteiger partial charge on any atom is -0.462 e. The maximum absolute atomic E-state index is 11.4. The second-order valence-electron chi connectivity index (χ2n) is 4.39. The Bertz CT molecular complexity index is 282. The van der Waals surface area contributed by atoms with E-state index in [1.165, 1.54) is 0 Å². The third-order valence-corrected chi connectivity index (χ3v) is 2.67. The molecule has 1 saturated heterocycles. The van der Waals surface area contributed by atoms with Crippen LogP contribution in [0.25, 0.3) is 0 Å². The second-order valence-corrected chi connectivity index (χ2v) is 4.39. The Hall–Kier alpha value is -1.30. The van der Waals surface area contributed by atoms with E-state index >= 15 is 0 Å². The second kappa shape index (κ2) is 7.92. The zero-order chi connectivity index (χ0) is 13.4. The van der Waals surface area contributed by atoms with Gasteiger partial charge in [0.15, 0.2) is 6.10 Å². The summed E-state index contributed by atoms with van der Waals surface area (Å²) in [5.41, 5.74) is 0. The number of carbonyl (C=O) groups excluding carboxylic acids is 2. The van der Waals surface area contributed by atoms with Crippen LogP contribution in [0.1, 0.15) is 26.2 Å². The number of hydrogen-bond acceptors (Lipinski definition) is 6. The Balaban J connectivity index is 2.05. The molecule has 0 N–H and O–H groups in total. The molecule has 0 saturated carbocycles. The summed E-state index contributed by atoms with van der Waals surface area (Å²) in [7, 11) is 1.98. The molecule has 1 rings (SSSR count). The van der Waals surface area contributed by atoms with E-state index in [0.717, 1.165) is 19.4 Å². The molecule has 1 heterocycles. The molecule has 1 fully saturated rings. The van der Waals surface area contributed by atoms with Crippen LogP contribution in [0.3, 0.4) is 0 Å². The summed E-state index contributed by atoms with van der Waals surface area (Å²) >= 11 is 0. The Labute approximate surface area is 107 Å². The Morgan fingerprint density at radius 3 is 2.89 bits per heavy atom. The van der Waals surface area contributed by atoms with Gasteiger partial charge in [0.1, 0.15) is 13.2 Å². The highest BCUT2D eigenvalue weighted by molar-refractivity contribution is 5.69. The molecular formula is C12H21NO5. The molecule has 0 bridgehead atoms. The Morgan fingerprint density at radius 2 is 2.28 bits per heavy atom. The molecule has 0 aromatic carbocycles.